The van der Waals surface area contributed by atoms with Gasteiger partial charge in [0.25, 0.3) is 0 Å². The summed E-state index contributed by atoms with van der Waals surface area (Å²) < 4.78 is 17.0. The van der Waals surface area contributed by atoms with Crippen LogP contribution in [0.15, 0.2) is 42.5 Å². The second-order valence-electron chi connectivity index (χ2n) is 5.48. The molecular formula is C16H22O3Si. The molecule has 0 amide bonds. The number of hydrogen-bond donors (Lipinski definition) is 0. The summed E-state index contributed by atoms with van der Waals surface area (Å²) in [6, 6.07) is 6.95. The normalized spacial score (nSPS) is 21.0. The second kappa shape index (κ2) is 5.85. The molecule has 20 heavy (non-hydrogen) atoms. The van der Waals surface area contributed by atoms with Gasteiger partial charge in [0.1, 0.15) is 0 Å². The molecule has 4 heteroatoms. The van der Waals surface area contributed by atoms with Crippen molar-refractivity contribution in [2.45, 2.75) is 25.2 Å². The van der Waals surface area contributed by atoms with Crippen LogP contribution in [0.4, 0.5) is 0 Å². The Hall–Kier alpha value is -1.52. The molecule has 0 N–H and O–H groups in total. The van der Waals surface area contributed by atoms with Gasteiger partial charge in [-0.3, -0.25) is 0 Å². The van der Waals surface area contributed by atoms with Gasteiger partial charge in [0, 0.05) is 0 Å². The van der Waals surface area contributed by atoms with Crippen molar-refractivity contribution in [2.24, 2.45) is 0 Å². The topological polar surface area (TPSA) is 27.7 Å². The van der Waals surface area contributed by atoms with Crippen molar-refractivity contribution in [3.63, 3.8) is 0 Å². The molecule has 0 aromatic heterocycles. The Kier molecular flexibility index (Phi) is 4.35. The summed E-state index contributed by atoms with van der Waals surface area (Å²) >= 11 is 0. The van der Waals surface area contributed by atoms with E-state index >= 15 is 0 Å². The maximum atomic E-state index is 6.34. The molecule has 0 radical (unpaired) electrons. The van der Waals surface area contributed by atoms with Crippen LogP contribution >= 0.6 is 0 Å². The maximum absolute atomic E-state index is 6.34. The average Bonchev–Trinajstić information content (AvgIpc) is 2.45. The second-order valence-corrected chi connectivity index (χ2v) is 9.65. The Bertz CT molecular complexity index is 535. The SMILES string of the molecule is C=CC1=CC[Si](C)(C)OC1c1ccc(OC)c(OC)c1. The van der Waals surface area contributed by atoms with Crippen molar-refractivity contribution >= 4 is 8.32 Å². The Labute approximate surface area is 122 Å². The van der Waals surface area contributed by atoms with Gasteiger partial charge in [0.05, 0.1) is 20.3 Å². The Balaban J connectivity index is 2.41. The molecule has 3 nitrogen and oxygen atoms in total. The van der Waals surface area contributed by atoms with Gasteiger partial charge >= 0.3 is 0 Å². The predicted octanol–water partition coefficient (Wildman–Crippen LogP) is 4.09. The van der Waals surface area contributed by atoms with Gasteiger partial charge in [-0.05, 0) is 42.4 Å². The first-order chi connectivity index (χ1) is 9.50. The molecule has 0 saturated carbocycles. The summed E-state index contributed by atoms with van der Waals surface area (Å²) in [5.41, 5.74) is 2.21. The highest BCUT2D eigenvalue weighted by atomic mass is 28.4. The van der Waals surface area contributed by atoms with Crippen LogP contribution in [0.3, 0.4) is 0 Å². The third-order valence-electron chi connectivity index (χ3n) is 3.52. The van der Waals surface area contributed by atoms with E-state index in [-0.39, 0.29) is 6.10 Å². The van der Waals surface area contributed by atoms with Crippen molar-refractivity contribution in [3.05, 3.63) is 48.1 Å². The fourth-order valence-electron chi connectivity index (χ4n) is 2.37. The van der Waals surface area contributed by atoms with Gasteiger partial charge in [-0.25, -0.2) is 0 Å². The van der Waals surface area contributed by atoms with Crippen molar-refractivity contribution in [3.8, 4) is 11.5 Å². The van der Waals surface area contributed by atoms with E-state index in [2.05, 4.69) is 25.7 Å². The average molecular weight is 290 g/mol. The van der Waals surface area contributed by atoms with Crippen LogP contribution < -0.4 is 9.47 Å². The van der Waals surface area contributed by atoms with Gasteiger partial charge in [0.15, 0.2) is 19.8 Å². The van der Waals surface area contributed by atoms with Crippen molar-refractivity contribution in [1.82, 2.24) is 0 Å². The molecule has 0 saturated heterocycles. The number of ether oxygens (including phenoxy) is 2. The van der Waals surface area contributed by atoms with E-state index in [4.69, 9.17) is 13.9 Å². The summed E-state index contributed by atoms with van der Waals surface area (Å²) in [6.07, 6.45) is 4.08. The minimum Gasteiger partial charge on any atom is -0.493 e. The summed E-state index contributed by atoms with van der Waals surface area (Å²) in [7, 11) is 1.64. The maximum Gasteiger partial charge on any atom is 0.191 e. The molecule has 108 valence electrons. The smallest absolute Gasteiger partial charge is 0.191 e. The van der Waals surface area contributed by atoms with Gasteiger partial charge in [0.2, 0.25) is 0 Å². The van der Waals surface area contributed by atoms with Gasteiger partial charge in [-0.15, -0.1) is 0 Å². The zero-order chi connectivity index (χ0) is 14.8. The third-order valence-corrected chi connectivity index (χ3v) is 5.58. The first-order valence-electron chi connectivity index (χ1n) is 6.73. The summed E-state index contributed by atoms with van der Waals surface area (Å²) in [5.74, 6) is 1.45. The molecular weight excluding hydrogens is 268 g/mol. The van der Waals surface area contributed by atoms with Crippen LogP contribution in [0.1, 0.15) is 11.7 Å². The zero-order valence-electron chi connectivity index (χ0n) is 12.6. The largest absolute Gasteiger partial charge is 0.493 e. The highest BCUT2D eigenvalue weighted by Crippen LogP contribution is 2.39. The number of benzene rings is 1. The van der Waals surface area contributed by atoms with E-state index in [0.717, 1.165) is 28.7 Å². The molecule has 0 spiro atoms. The number of hydrogen-bond acceptors (Lipinski definition) is 3. The molecule has 0 aliphatic carbocycles. The summed E-state index contributed by atoms with van der Waals surface area (Å²) in [4.78, 5) is 0. The van der Waals surface area contributed by atoms with Crippen LogP contribution in [-0.4, -0.2) is 22.5 Å². The fraction of sp³-hybridized carbons (Fsp3) is 0.375. The summed E-state index contributed by atoms with van der Waals surface area (Å²) in [6.45, 7) is 8.36. The first kappa shape index (κ1) is 14.9. The van der Waals surface area contributed by atoms with E-state index in [0.29, 0.717) is 0 Å². The molecule has 1 aliphatic rings. The number of rotatable bonds is 4. The predicted molar refractivity (Wildman–Crippen MR) is 83.9 cm³/mol. The Morgan fingerprint density at radius 3 is 2.55 bits per heavy atom. The summed E-state index contributed by atoms with van der Waals surface area (Å²) in [5, 5.41) is 0. The quantitative estimate of drug-likeness (QED) is 0.782. The van der Waals surface area contributed by atoms with Gasteiger partial charge in [-0.1, -0.05) is 24.8 Å². The lowest BCUT2D eigenvalue weighted by molar-refractivity contribution is 0.229. The molecule has 1 atom stereocenters. The van der Waals surface area contributed by atoms with E-state index in [1.54, 1.807) is 14.2 Å². The van der Waals surface area contributed by atoms with Crippen LogP contribution in [0.25, 0.3) is 0 Å². The number of methoxy groups -OCH3 is 2. The molecule has 1 heterocycles. The molecule has 2 rings (SSSR count). The Morgan fingerprint density at radius 1 is 1.25 bits per heavy atom. The van der Waals surface area contributed by atoms with Crippen LogP contribution in [0.5, 0.6) is 11.5 Å². The van der Waals surface area contributed by atoms with E-state index < -0.39 is 8.32 Å². The van der Waals surface area contributed by atoms with Crippen LogP contribution in [-0.2, 0) is 4.43 Å². The lowest BCUT2D eigenvalue weighted by Crippen LogP contribution is -2.35. The standard InChI is InChI=1S/C16H22O3Si/c1-6-12-9-10-20(4,5)19-16(12)13-7-8-14(17-2)15(11-13)18-3/h6-9,11,16H,1,10H2,2-5H3. The highest BCUT2D eigenvalue weighted by molar-refractivity contribution is 6.71. The van der Waals surface area contributed by atoms with Crippen molar-refractivity contribution < 1.29 is 13.9 Å². The van der Waals surface area contributed by atoms with Crippen molar-refractivity contribution in [1.29, 1.82) is 0 Å². The van der Waals surface area contributed by atoms with Gasteiger partial charge < -0.3 is 13.9 Å². The third kappa shape index (κ3) is 2.97. The molecule has 1 unspecified atom stereocenters. The fourth-order valence-corrected chi connectivity index (χ4v) is 4.11. The van der Waals surface area contributed by atoms with Gasteiger partial charge in [-0.2, -0.15) is 0 Å². The van der Waals surface area contributed by atoms with E-state index in [1.165, 1.54) is 0 Å². The lowest BCUT2D eigenvalue weighted by atomic mass is 10.0. The molecule has 1 aromatic carbocycles. The minimum atomic E-state index is -1.64. The zero-order valence-corrected chi connectivity index (χ0v) is 13.6. The molecule has 1 aliphatic heterocycles. The first-order valence-corrected chi connectivity index (χ1v) is 9.84. The monoisotopic (exact) mass is 290 g/mol. The molecule has 0 bridgehead atoms. The van der Waals surface area contributed by atoms with E-state index in [9.17, 15) is 0 Å². The lowest BCUT2D eigenvalue weighted by Gasteiger charge is -2.34. The molecule has 0 fully saturated rings. The highest BCUT2D eigenvalue weighted by Gasteiger charge is 2.32. The van der Waals surface area contributed by atoms with Crippen LogP contribution in [0.2, 0.25) is 19.1 Å². The molecule has 1 aromatic rings. The van der Waals surface area contributed by atoms with E-state index in [1.807, 2.05) is 24.3 Å². The number of allylic oxidation sites excluding steroid dienone is 1. The van der Waals surface area contributed by atoms with Crippen LogP contribution in [0, 0.1) is 0 Å². The minimum absolute atomic E-state index is 0.0530. The Morgan fingerprint density at radius 2 is 1.95 bits per heavy atom. The van der Waals surface area contributed by atoms with Crippen molar-refractivity contribution in [2.75, 3.05) is 14.2 Å².